The van der Waals surface area contributed by atoms with Crippen LogP contribution in [0.3, 0.4) is 0 Å². The monoisotopic (exact) mass is 217 g/mol. The van der Waals surface area contributed by atoms with E-state index in [1.54, 1.807) is 20.2 Å². The number of hydrogen-bond acceptors (Lipinski definition) is 3. The Morgan fingerprint density at radius 2 is 2.50 bits per heavy atom. The number of nitrogens with zero attached hydrogens (tertiary/aromatic N) is 2. The predicted molar refractivity (Wildman–Crippen MR) is 52.5 cm³/mol. The number of halogens is 1. The van der Waals surface area contributed by atoms with Crippen LogP contribution < -0.4 is 5.32 Å². The van der Waals surface area contributed by atoms with Crippen molar-refractivity contribution in [3.63, 3.8) is 0 Å². The van der Waals surface area contributed by atoms with E-state index in [1.807, 2.05) is 0 Å². The first-order valence-corrected chi connectivity index (χ1v) is 4.52. The Bertz CT molecular complexity index is 318. The van der Waals surface area contributed by atoms with Crippen molar-refractivity contribution in [2.24, 2.45) is 0 Å². The molecule has 0 saturated heterocycles. The number of carboxylic acid groups (broad SMARTS) is 1. The van der Waals surface area contributed by atoms with Crippen molar-refractivity contribution in [2.75, 3.05) is 7.05 Å². The molecule has 0 aliphatic carbocycles. The van der Waals surface area contributed by atoms with Crippen molar-refractivity contribution in [3.05, 3.63) is 16.9 Å². The second-order valence-corrected chi connectivity index (χ2v) is 3.37. The maximum Gasteiger partial charge on any atom is 0.322 e. The van der Waals surface area contributed by atoms with Gasteiger partial charge >= 0.3 is 5.97 Å². The highest BCUT2D eigenvalue weighted by molar-refractivity contribution is 6.31. The largest absolute Gasteiger partial charge is 0.480 e. The summed E-state index contributed by atoms with van der Waals surface area (Å²) in [4.78, 5) is 10.7. The van der Waals surface area contributed by atoms with E-state index < -0.39 is 12.0 Å². The molecule has 0 aliphatic heterocycles. The van der Waals surface area contributed by atoms with Gasteiger partial charge in [0.15, 0.2) is 0 Å². The van der Waals surface area contributed by atoms with Gasteiger partial charge in [0, 0.05) is 6.20 Å². The van der Waals surface area contributed by atoms with Gasteiger partial charge in [0.05, 0.1) is 17.3 Å². The highest BCUT2D eigenvalue weighted by Gasteiger charge is 2.16. The third kappa shape index (κ3) is 2.46. The SMILES string of the molecule is CNC(Cn1cc(Cl)c(C)n1)C(=O)O. The van der Waals surface area contributed by atoms with Gasteiger partial charge in [-0.3, -0.25) is 9.48 Å². The molecule has 1 unspecified atom stereocenters. The molecule has 0 amide bonds. The summed E-state index contributed by atoms with van der Waals surface area (Å²) in [6.45, 7) is 2.04. The van der Waals surface area contributed by atoms with Gasteiger partial charge in [-0.2, -0.15) is 5.10 Å². The van der Waals surface area contributed by atoms with Crippen molar-refractivity contribution in [2.45, 2.75) is 19.5 Å². The zero-order chi connectivity index (χ0) is 10.7. The molecule has 0 aliphatic rings. The Kier molecular flexibility index (Phi) is 3.49. The van der Waals surface area contributed by atoms with Crippen LogP contribution >= 0.6 is 11.6 Å². The molecule has 0 radical (unpaired) electrons. The van der Waals surface area contributed by atoms with E-state index in [4.69, 9.17) is 16.7 Å². The number of nitrogens with one attached hydrogen (secondary N) is 1. The van der Waals surface area contributed by atoms with E-state index in [-0.39, 0.29) is 6.54 Å². The van der Waals surface area contributed by atoms with Crippen LogP contribution in [-0.4, -0.2) is 33.9 Å². The average Bonchev–Trinajstić information content (AvgIpc) is 2.41. The summed E-state index contributed by atoms with van der Waals surface area (Å²) < 4.78 is 1.52. The molecule has 14 heavy (non-hydrogen) atoms. The fourth-order valence-corrected chi connectivity index (χ4v) is 1.22. The van der Waals surface area contributed by atoms with Gasteiger partial charge in [0.25, 0.3) is 0 Å². The van der Waals surface area contributed by atoms with Crippen molar-refractivity contribution in [1.82, 2.24) is 15.1 Å². The molecule has 0 fully saturated rings. The minimum atomic E-state index is -0.906. The van der Waals surface area contributed by atoms with E-state index in [1.165, 1.54) is 4.68 Å². The molecule has 0 saturated carbocycles. The summed E-state index contributed by atoms with van der Waals surface area (Å²) in [6.07, 6.45) is 1.62. The normalized spacial score (nSPS) is 12.8. The highest BCUT2D eigenvalue weighted by Crippen LogP contribution is 2.12. The first kappa shape index (κ1) is 11.0. The summed E-state index contributed by atoms with van der Waals surface area (Å²) in [5.41, 5.74) is 0.701. The number of aliphatic carboxylic acids is 1. The molecule has 1 rings (SSSR count). The summed E-state index contributed by atoms with van der Waals surface area (Å²) in [7, 11) is 1.59. The first-order chi connectivity index (χ1) is 6.54. The standard InChI is InChI=1S/C8H12ClN3O2/c1-5-6(9)3-12(11-5)4-7(10-2)8(13)14/h3,7,10H,4H2,1-2H3,(H,13,14). The van der Waals surface area contributed by atoms with Crippen molar-refractivity contribution in [1.29, 1.82) is 0 Å². The fraction of sp³-hybridized carbons (Fsp3) is 0.500. The fourth-order valence-electron chi connectivity index (χ4n) is 1.07. The summed E-state index contributed by atoms with van der Waals surface area (Å²) in [5.74, 6) is -0.906. The minimum Gasteiger partial charge on any atom is -0.480 e. The molecule has 6 heteroatoms. The van der Waals surface area contributed by atoms with Crippen LogP contribution in [0.25, 0.3) is 0 Å². The summed E-state index contributed by atoms with van der Waals surface area (Å²) >= 11 is 5.78. The van der Waals surface area contributed by atoms with E-state index in [0.717, 1.165) is 0 Å². The van der Waals surface area contributed by atoms with Gasteiger partial charge in [0.1, 0.15) is 6.04 Å². The lowest BCUT2D eigenvalue weighted by atomic mass is 10.3. The van der Waals surface area contributed by atoms with E-state index >= 15 is 0 Å². The zero-order valence-corrected chi connectivity index (χ0v) is 8.75. The number of hydrogen-bond donors (Lipinski definition) is 2. The molecule has 0 aromatic carbocycles. The number of carboxylic acids is 1. The van der Waals surface area contributed by atoms with Crippen LogP contribution in [0.5, 0.6) is 0 Å². The van der Waals surface area contributed by atoms with E-state index in [9.17, 15) is 4.79 Å². The Morgan fingerprint density at radius 3 is 2.86 bits per heavy atom. The van der Waals surface area contributed by atoms with Gasteiger partial charge in [0.2, 0.25) is 0 Å². The number of carbonyl (C=O) groups is 1. The Labute approximate surface area is 86.7 Å². The Hall–Kier alpha value is -1.07. The lowest BCUT2D eigenvalue weighted by molar-refractivity contribution is -0.139. The lowest BCUT2D eigenvalue weighted by Gasteiger charge is -2.10. The van der Waals surface area contributed by atoms with Crippen LogP contribution in [-0.2, 0) is 11.3 Å². The van der Waals surface area contributed by atoms with Crippen molar-refractivity contribution < 1.29 is 9.90 Å². The van der Waals surface area contributed by atoms with Gasteiger partial charge in [-0.1, -0.05) is 11.6 Å². The summed E-state index contributed by atoms with van der Waals surface area (Å²) in [5, 5.41) is 16.1. The van der Waals surface area contributed by atoms with Crippen molar-refractivity contribution in [3.8, 4) is 0 Å². The molecule has 0 spiro atoms. The molecule has 1 atom stereocenters. The Morgan fingerprint density at radius 1 is 1.86 bits per heavy atom. The third-order valence-corrected chi connectivity index (χ3v) is 2.27. The molecule has 1 aromatic heterocycles. The van der Waals surface area contributed by atoms with E-state index in [2.05, 4.69) is 10.4 Å². The van der Waals surface area contributed by atoms with Gasteiger partial charge < -0.3 is 10.4 Å². The molecular weight excluding hydrogens is 206 g/mol. The van der Waals surface area contributed by atoms with Crippen LogP contribution in [0.2, 0.25) is 5.02 Å². The minimum absolute atomic E-state index is 0.263. The van der Waals surface area contributed by atoms with Gasteiger partial charge in [-0.05, 0) is 14.0 Å². The maximum absolute atomic E-state index is 10.7. The topological polar surface area (TPSA) is 67.2 Å². The number of aryl methyl sites for hydroxylation is 1. The molecule has 1 aromatic rings. The summed E-state index contributed by atoms with van der Waals surface area (Å²) in [6, 6.07) is -0.648. The maximum atomic E-state index is 10.7. The van der Waals surface area contributed by atoms with Crippen molar-refractivity contribution >= 4 is 17.6 Å². The predicted octanol–water partition coefficient (Wildman–Crippen LogP) is 0.518. The molecule has 0 bridgehead atoms. The van der Waals surface area contributed by atoms with E-state index in [0.29, 0.717) is 10.7 Å². The van der Waals surface area contributed by atoms with Gasteiger partial charge in [-0.15, -0.1) is 0 Å². The molecule has 5 nitrogen and oxygen atoms in total. The van der Waals surface area contributed by atoms with Crippen LogP contribution in [0.4, 0.5) is 0 Å². The lowest BCUT2D eigenvalue weighted by Crippen LogP contribution is -2.37. The van der Waals surface area contributed by atoms with Crippen LogP contribution in [0.1, 0.15) is 5.69 Å². The average molecular weight is 218 g/mol. The zero-order valence-electron chi connectivity index (χ0n) is 7.99. The highest BCUT2D eigenvalue weighted by atomic mass is 35.5. The number of likely N-dealkylation sites (N-methyl/N-ethyl adjacent to an activating group) is 1. The molecule has 2 N–H and O–H groups in total. The van der Waals surface area contributed by atoms with Crippen LogP contribution in [0.15, 0.2) is 6.20 Å². The number of aromatic nitrogens is 2. The smallest absolute Gasteiger partial charge is 0.322 e. The molecular formula is C8H12ClN3O2. The van der Waals surface area contributed by atoms with Gasteiger partial charge in [-0.25, -0.2) is 0 Å². The van der Waals surface area contributed by atoms with Crippen LogP contribution in [0, 0.1) is 6.92 Å². The quantitative estimate of drug-likeness (QED) is 0.772. The molecule has 1 heterocycles. The number of rotatable bonds is 4. The molecule has 78 valence electrons. The third-order valence-electron chi connectivity index (χ3n) is 1.90. The second-order valence-electron chi connectivity index (χ2n) is 2.96. The Balaban J connectivity index is 2.72. The first-order valence-electron chi connectivity index (χ1n) is 4.14. The second kappa shape index (κ2) is 4.43.